The monoisotopic (exact) mass is 138 g/mol. The Morgan fingerprint density at radius 3 is 1.56 bits per heavy atom. The van der Waals surface area contributed by atoms with Crippen LogP contribution in [0.5, 0.6) is 0 Å². The summed E-state index contributed by atoms with van der Waals surface area (Å²) in [5.41, 5.74) is 0. The molecular weight excluding hydrogens is 126 g/mol. The van der Waals surface area contributed by atoms with E-state index in [1.165, 1.54) is 0 Å². The van der Waals surface area contributed by atoms with E-state index in [4.69, 9.17) is 14.8 Å². The molecule has 0 rings (SSSR count). The van der Waals surface area contributed by atoms with Gasteiger partial charge in [0.1, 0.15) is 0 Å². The van der Waals surface area contributed by atoms with Crippen LogP contribution in [0.4, 0.5) is 4.32 Å². The van der Waals surface area contributed by atoms with E-state index in [-0.39, 0.29) is 0 Å². The number of rotatable bonds is 2. The molecule has 2 N–H and O–H groups in total. The first-order chi connectivity index (χ1) is 4.15. The third-order valence-electron chi connectivity index (χ3n) is 0.408. The summed E-state index contributed by atoms with van der Waals surface area (Å²) in [6.07, 6.45) is 0. The number of hydrogen-bond acceptors (Lipinski definition) is 3. The van der Waals surface area contributed by atoms with Gasteiger partial charge in [0.25, 0.3) is 0 Å². The molecule has 3 nitrogen and oxygen atoms in total. The van der Waals surface area contributed by atoms with Gasteiger partial charge < -0.3 is 14.8 Å². The van der Waals surface area contributed by atoms with Crippen LogP contribution in [0.3, 0.4) is 0 Å². The number of ether oxygens (including phenoxy) is 1. The highest BCUT2D eigenvalue weighted by molar-refractivity contribution is 6.31. The number of halogens is 1. The summed E-state index contributed by atoms with van der Waals surface area (Å²) in [5, 5.41) is 13.9. The van der Waals surface area contributed by atoms with Gasteiger partial charge in [-0.25, -0.2) is 0 Å². The van der Waals surface area contributed by atoms with Crippen LogP contribution in [0.25, 0.3) is 0 Å². The Morgan fingerprint density at radius 2 is 1.56 bits per heavy atom. The van der Waals surface area contributed by atoms with Gasteiger partial charge in [-0.05, 0) is 13.8 Å². The molecule has 0 spiro atoms. The van der Waals surface area contributed by atoms with Gasteiger partial charge in [-0.15, -0.1) is 0 Å². The average Bonchev–Trinajstić information content (AvgIpc) is 1.66. The summed E-state index contributed by atoms with van der Waals surface area (Å²) in [6.45, 7) is 5.67. The number of hydrogen-bond donors (Lipinski definition) is 2. The van der Waals surface area contributed by atoms with Crippen molar-refractivity contribution < 1.29 is 19.1 Å². The Hall–Kier alpha value is -0.125. The van der Waals surface area contributed by atoms with E-state index in [1.807, 2.05) is 13.8 Å². The van der Waals surface area contributed by atoms with Crippen molar-refractivity contribution in [3.63, 3.8) is 0 Å². The van der Waals surface area contributed by atoms with E-state index >= 15 is 0 Å². The fraction of sp³-hybridized carbons (Fsp3) is 1.00. The zero-order valence-electron chi connectivity index (χ0n) is 5.67. The molecular formula is C4H12BFO3. The van der Waals surface area contributed by atoms with Gasteiger partial charge in [0.05, 0.1) is 0 Å². The van der Waals surface area contributed by atoms with Gasteiger partial charge in [0, 0.05) is 13.2 Å². The van der Waals surface area contributed by atoms with Crippen LogP contribution in [-0.2, 0) is 4.74 Å². The van der Waals surface area contributed by atoms with Crippen LogP contribution in [0.2, 0.25) is 0 Å². The molecule has 56 valence electrons. The van der Waals surface area contributed by atoms with Crippen molar-refractivity contribution in [3.8, 4) is 0 Å². The molecule has 9 heavy (non-hydrogen) atoms. The molecule has 0 aliphatic carbocycles. The molecule has 0 heterocycles. The molecule has 0 aromatic heterocycles. The maximum absolute atomic E-state index is 10.1. The van der Waals surface area contributed by atoms with Gasteiger partial charge in [-0.2, -0.15) is 0 Å². The van der Waals surface area contributed by atoms with Crippen molar-refractivity contribution in [2.75, 3.05) is 13.2 Å². The first-order valence-electron chi connectivity index (χ1n) is 2.73. The SMILES string of the molecule is CCOCC.OB(O)F. The molecule has 0 saturated carbocycles. The lowest BCUT2D eigenvalue weighted by Gasteiger charge is -1.86. The predicted octanol–water partition coefficient (Wildman–Crippen LogP) is -0.0318. The zero-order valence-corrected chi connectivity index (χ0v) is 5.67. The fourth-order valence-electron chi connectivity index (χ4n) is 0.204. The topological polar surface area (TPSA) is 49.7 Å². The van der Waals surface area contributed by atoms with Crippen molar-refractivity contribution in [2.45, 2.75) is 13.8 Å². The molecule has 0 saturated heterocycles. The molecule has 0 bridgehead atoms. The quantitative estimate of drug-likeness (QED) is 0.526. The fourth-order valence-corrected chi connectivity index (χ4v) is 0.204. The Kier molecular flexibility index (Phi) is 14.0. The van der Waals surface area contributed by atoms with Gasteiger partial charge in [-0.3, -0.25) is 4.32 Å². The largest absolute Gasteiger partial charge is 0.674 e. The van der Waals surface area contributed by atoms with Crippen LogP contribution in [0.1, 0.15) is 13.8 Å². The van der Waals surface area contributed by atoms with Crippen LogP contribution in [0.15, 0.2) is 0 Å². The van der Waals surface area contributed by atoms with E-state index in [0.717, 1.165) is 13.2 Å². The zero-order chi connectivity index (χ0) is 7.70. The Labute approximate surface area is 54.6 Å². The van der Waals surface area contributed by atoms with Gasteiger partial charge in [-0.1, -0.05) is 0 Å². The summed E-state index contributed by atoms with van der Waals surface area (Å²) < 4.78 is 14.9. The van der Waals surface area contributed by atoms with Crippen molar-refractivity contribution in [2.24, 2.45) is 0 Å². The van der Waals surface area contributed by atoms with Crippen molar-refractivity contribution in [1.82, 2.24) is 0 Å². The second kappa shape index (κ2) is 10.8. The van der Waals surface area contributed by atoms with E-state index in [1.54, 1.807) is 0 Å². The molecule has 0 amide bonds. The van der Waals surface area contributed by atoms with Gasteiger partial charge >= 0.3 is 7.40 Å². The maximum Gasteiger partial charge on any atom is 0.674 e. The van der Waals surface area contributed by atoms with Crippen molar-refractivity contribution in [3.05, 3.63) is 0 Å². The lowest BCUT2D eigenvalue weighted by atomic mass is 10.3. The second-order valence-electron chi connectivity index (χ2n) is 1.09. The molecule has 0 aromatic rings. The molecule has 0 radical (unpaired) electrons. The van der Waals surface area contributed by atoms with Crippen LogP contribution < -0.4 is 0 Å². The third-order valence-corrected chi connectivity index (χ3v) is 0.408. The molecule has 0 aliphatic heterocycles. The molecule has 0 aliphatic rings. The predicted molar refractivity (Wildman–Crippen MR) is 33.5 cm³/mol. The van der Waals surface area contributed by atoms with Crippen LogP contribution >= 0.6 is 0 Å². The highest BCUT2D eigenvalue weighted by Gasteiger charge is 1.97. The average molecular weight is 138 g/mol. The first kappa shape index (κ1) is 11.6. The van der Waals surface area contributed by atoms with Gasteiger partial charge in [0.15, 0.2) is 0 Å². The second-order valence-corrected chi connectivity index (χ2v) is 1.09. The van der Waals surface area contributed by atoms with Gasteiger partial charge in [0.2, 0.25) is 0 Å². The van der Waals surface area contributed by atoms with Crippen LogP contribution in [0, 0.1) is 0 Å². The Morgan fingerprint density at radius 1 is 1.33 bits per heavy atom. The molecule has 0 fully saturated rings. The molecule has 5 heteroatoms. The van der Waals surface area contributed by atoms with E-state index in [0.29, 0.717) is 0 Å². The highest BCUT2D eigenvalue weighted by Crippen LogP contribution is 1.64. The van der Waals surface area contributed by atoms with Crippen molar-refractivity contribution in [1.29, 1.82) is 0 Å². The third kappa shape index (κ3) is 77.3. The van der Waals surface area contributed by atoms with E-state index in [2.05, 4.69) is 0 Å². The van der Waals surface area contributed by atoms with Crippen LogP contribution in [-0.4, -0.2) is 30.7 Å². The lowest BCUT2D eigenvalue weighted by molar-refractivity contribution is 0.162. The van der Waals surface area contributed by atoms with Crippen molar-refractivity contribution >= 4 is 7.40 Å². The summed E-state index contributed by atoms with van der Waals surface area (Å²) in [6, 6.07) is 0. The van der Waals surface area contributed by atoms with E-state index < -0.39 is 7.40 Å². The summed E-state index contributed by atoms with van der Waals surface area (Å²) in [4.78, 5) is 0. The summed E-state index contributed by atoms with van der Waals surface area (Å²) in [5.74, 6) is 0. The lowest BCUT2D eigenvalue weighted by Crippen LogP contribution is -1.98. The van der Waals surface area contributed by atoms with E-state index in [9.17, 15) is 4.32 Å². The Balaban J connectivity index is 0. The minimum atomic E-state index is -2.67. The minimum absolute atomic E-state index is 0.844. The first-order valence-corrected chi connectivity index (χ1v) is 2.73. The summed E-state index contributed by atoms with van der Waals surface area (Å²) >= 11 is 0. The minimum Gasteiger partial charge on any atom is -0.398 e. The summed E-state index contributed by atoms with van der Waals surface area (Å²) in [7, 11) is -2.67. The molecule has 0 unspecified atom stereocenters. The smallest absolute Gasteiger partial charge is 0.398 e. The normalized spacial score (nSPS) is 7.67. The maximum atomic E-state index is 10.1. The molecule has 0 atom stereocenters. The molecule has 0 aromatic carbocycles. The standard InChI is InChI=1S/C4H10O.BFH2O2/c1-3-5-4-2;2-1(3)4/h3-4H2,1-2H3;3-4H. The Bertz CT molecular complexity index is 40.0. The highest BCUT2D eigenvalue weighted by atomic mass is 19.1.